The fraction of sp³-hybridized carbons (Fsp3) is 0.391. The largest absolute Gasteiger partial charge is 0.497 e. The van der Waals surface area contributed by atoms with Gasteiger partial charge in [-0.1, -0.05) is 0 Å². The molecule has 0 radical (unpaired) electrons. The maximum absolute atomic E-state index is 13.1. The van der Waals surface area contributed by atoms with Crippen molar-refractivity contribution < 1.29 is 27.5 Å². The first kappa shape index (κ1) is 23.6. The van der Waals surface area contributed by atoms with E-state index in [2.05, 4.69) is 21.2 Å². The number of hydrogen-bond donors (Lipinski definition) is 1. The van der Waals surface area contributed by atoms with Crippen LogP contribution < -0.4 is 19.7 Å². The van der Waals surface area contributed by atoms with Crippen LogP contribution >= 0.6 is 15.9 Å². The number of sulfone groups is 1. The lowest BCUT2D eigenvalue weighted by Gasteiger charge is -2.18. The molecule has 0 saturated heterocycles. The Morgan fingerprint density at radius 3 is 2.58 bits per heavy atom. The van der Waals surface area contributed by atoms with Gasteiger partial charge in [0.2, 0.25) is 11.8 Å². The zero-order chi connectivity index (χ0) is 23.8. The molecule has 1 N–H and O–H groups in total. The van der Waals surface area contributed by atoms with Crippen molar-refractivity contribution in [1.82, 2.24) is 0 Å². The lowest BCUT2D eigenvalue weighted by molar-refractivity contribution is -0.119. The third-order valence-electron chi connectivity index (χ3n) is 5.84. The van der Waals surface area contributed by atoms with E-state index in [4.69, 9.17) is 9.47 Å². The summed E-state index contributed by atoms with van der Waals surface area (Å²) in [4.78, 5) is 26.9. The summed E-state index contributed by atoms with van der Waals surface area (Å²) in [5.41, 5.74) is 2.02. The van der Waals surface area contributed by atoms with Crippen LogP contribution in [0.5, 0.6) is 11.5 Å². The van der Waals surface area contributed by atoms with Crippen LogP contribution in [0.15, 0.2) is 39.7 Å². The zero-order valence-corrected chi connectivity index (χ0v) is 20.8. The minimum atomic E-state index is -3.78. The van der Waals surface area contributed by atoms with Crippen LogP contribution in [0, 0.1) is 5.92 Å². The number of fused-ring (bicyclic) bond motifs is 1. The standard InChI is InChI=1S/C23H25BrN2O6S/c1-31-16-5-6-18(20(12-16)32-2)25-22(27)8-10-33(29,30)21-13-19-15(11-17(21)24)7-9-26(19)23(28)14-3-4-14/h5-6,11-14H,3-4,7-10H2,1-2H3,(H,25,27). The Bertz CT molecular complexity index is 1210. The number of nitrogens with zero attached hydrogens (tertiary/aromatic N) is 1. The first-order valence-corrected chi connectivity index (χ1v) is 13.1. The van der Waals surface area contributed by atoms with Crippen molar-refractivity contribution in [2.24, 2.45) is 5.92 Å². The molecule has 176 valence electrons. The van der Waals surface area contributed by atoms with Gasteiger partial charge in [0.05, 0.1) is 30.6 Å². The van der Waals surface area contributed by atoms with E-state index in [1.807, 2.05) is 0 Å². The molecule has 1 saturated carbocycles. The van der Waals surface area contributed by atoms with Gasteiger partial charge in [-0.15, -0.1) is 0 Å². The molecular formula is C23H25BrN2O6S. The average Bonchev–Trinajstić information content (AvgIpc) is 3.57. The lowest BCUT2D eigenvalue weighted by Crippen LogP contribution is -2.30. The topological polar surface area (TPSA) is 102 Å². The second kappa shape index (κ2) is 9.34. The van der Waals surface area contributed by atoms with E-state index < -0.39 is 15.7 Å². The number of halogens is 1. The molecule has 1 heterocycles. The highest BCUT2D eigenvalue weighted by Crippen LogP contribution is 2.40. The summed E-state index contributed by atoms with van der Waals surface area (Å²) in [5.74, 6) is 0.275. The molecule has 4 rings (SSSR count). The van der Waals surface area contributed by atoms with Crippen molar-refractivity contribution in [2.75, 3.05) is 36.7 Å². The van der Waals surface area contributed by atoms with Gasteiger partial charge >= 0.3 is 0 Å². The number of hydrogen-bond acceptors (Lipinski definition) is 6. The van der Waals surface area contributed by atoms with Gasteiger partial charge in [-0.05, 0) is 65.0 Å². The quantitative estimate of drug-likeness (QED) is 0.553. The van der Waals surface area contributed by atoms with Gasteiger partial charge in [0.15, 0.2) is 9.84 Å². The monoisotopic (exact) mass is 536 g/mol. The van der Waals surface area contributed by atoms with Crippen molar-refractivity contribution in [3.8, 4) is 11.5 Å². The number of nitrogens with one attached hydrogen (secondary N) is 1. The Morgan fingerprint density at radius 2 is 1.91 bits per heavy atom. The van der Waals surface area contributed by atoms with Crippen LogP contribution in [0.1, 0.15) is 24.8 Å². The van der Waals surface area contributed by atoms with E-state index in [0.717, 1.165) is 18.4 Å². The fourth-order valence-electron chi connectivity index (χ4n) is 3.86. The third-order valence-corrected chi connectivity index (χ3v) is 8.51. The van der Waals surface area contributed by atoms with E-state index in [-0.39, 0.29) is 28.9 Å². The first-order valence-electron chi connectivity index (χ1n) is 10.6. The van der Waals surface area contributed by atoms with Gasteiger partial charge in [0, 0.05) is 35.1 Å². The molecule has 33 heavy (non-hydrogen) atoms. The molecule has 1 aliphatic carbocycles. The Hall–Kier alpha value is -2.59. The minimum Gasteiger partial charge on any atom is -0.497 e. The number of benzene rings is 2. The SMILES string of the molecule is COc1ccc(NC(=O)CCS(=O)(=O)c2cc3c(cc2Br)CCN3C(=O)C2CC2)c(OC)c1. The number of ether oxygens (including phenoxy) is 2. The van der Waals surface area contributed by atoms with Gasteiger partial charge in [0.25, 0.3) is 0 Å². The molecule has 8 nitrogen and oxygen atoms in total. The maximum Gasteiger partial charge on any atom is 0.230 e. The first-order chi connectivity index (χ1) is 15.7. The summed E-state index contributed by atoms with van der Waals surface area (Å²) in [6.45, 7) is 0.562. The number of amides is 2. The van der Waals surface area contributed by atoms with Crippen LogP contribution in [0.25, 0.3) is 0 Å². The number of rotatable bonds is 8. The van der Waals surface area contributed by atoms with E-state index >= 15 is 0 Å². The summed E-state index contributed by atoms with van der Waals surface area (Å²) in [7, 11) is -0.783. The molecule has 0 unspecified atom stereocenters. The maximum atomic E-state index is 13.1. The van der Waals surface area contributed by atoms with Gasteiger partial charge in [0.1, 0.15) is 11.5 Å². The molecule has 0 spiro atoms. The third kappa shape index (κ3) is 5.01. The van der Waals surface area contributed by atoms with Crippen molar-refractivity contribution in [1.29, 1.82) is 0 Å². The summed E-state index contributed by atoms with van der Waals surface area (Å²) in [6.07, 6.45) is 2.24. The van der Waals surface area contributed by atoms with Gasteiger partial charge < -0.3 is 19.7 Å². The second-order valence-electron chi connectivity index (χ2n) is 8.11. The number of methoxy groups -OCH3 is 2. The summed E-state index contributed by atoms with van der Waals surface area (Å²) in [6, 6.07) is 8.26. The summed E-state index contributed by atoms with van der Waals surface area (Å²) in [5, 5.41) is 2.69. The molecule has 2 aromatic carbocycles. The Balaban J connectivity index is 1.47. The molecule has 0 aromatic heterocycles. The summed E-state index contributed by atoms with van der Waals surface area (Å²) >= 11 is 3.37. The van der Waals surface area contributed by atoms with Crippen LogP contribution in [-0.2, 0) is 25.8 Å². The van der Waals surface area contributed by atoms with Gasteiger partial charge in [-0.3, -0.25) is 9.59 Å². The highest BCUT2D eigenvalue weighted by atomic mass is 79.9. The molecule has 2 amide bonds. The molecule has 0 bridgehead atoms. The molecule has 1 fully saturated rings. The highest BCUT2D eigenvalue weighted by Gasteiger charge is 2.37. The molecule has 2 aromatic rings. The highest BCUT2D eigenvalue weighted by molar-refractivity contribution is 9.10. The molecule has 10 heteroatoms. The van der Waals surface area contributed by atoms with Crippen LogP contribution in [0.2, 0.25) is 0 Å². The normalized spacial score (nSPS) is 15.2. The van der Waals surface area contributed by atoms with Crippen LogP contribution in [0.4, 0.5) is 11.4 Å². The zero-order valence-electron chi connectivity index (χ0n) is 18.4. The Labute approximate surface area is 201 Å². The van der Waals surface area contributed by atoms with Gasteiger partial charge in [-0.2, -0.15) is 0 Å². The average molecular weight is 537 g/mol. The van der Waals surface area contributed by atoms with Crippen molar-refractivity contribution in [3.05, 3.63) is 40.4 Å². The molecular weight excluding hydrogens is 512 g/mol. The van der Waals surface area contributed by atoms with E-state index in [1.54, 1.807) is 35.2 Å². The molecule has 2 aliphatic rings. The number of carbonyl (C=O) groups excluding carboxylic acids is 2. The molecule has 1 aliphatic heterocycles. The second-order valence-corrected chi connectivity index (χ2v) is 11.0. The predicted octanol–water partition coefficient (Wildman–Crippen LogP) is 3.57. The predicted molar refractivity (Wildman–Crippen MR) is 128 cm³/mol. The van der Waals surface area contributed by atoms with Crippen molar-refractivity contribution >= 4 is 49.0 Å². The van der Waals surface area contributed by atoms with Gasteiger partial charge in [-0.25, -0.2) is 8.42 Å². The van der Waals surface area contributed by atoms with Crippen LogP contribution in [-0.4, -0.2) is 46.7 Å². The Morgan fingerprint density at radius 1 is 1.15 bits per heavy atom. The smallest absolute Gasteiger partial charge is 0.230 e. The Kier molecular flexibility index (Phi) is 6.67. The molecule has 0 atom stereocenters. The van der Waals surface area contributed by atoms with E-state index in [1.165, 1.54) is 14.2 Å². The van der Waals surface area contributed by atoms with E-state index in [9.17, 15) is 18.0 Å². The minimum absolute atomic E-state index is 0.0540. The number of carbonyl (C=O) groups is 2. The lowest BCUT2D eigenvalue weighted by atomic mass is 10.2. The van der Waals surface area contributed by atoms with E-state index in [0.29, 0.717) is 40.3 Å². The van der Waals surface area contributed by atoms with Crippen LogP contribution in [0.3, 0.4) is 0 Å². The fourth-order valence-corrected chi connectivity index (χ4v) is 6.31. The van der Waals surface area contributed by atoms with Crippen molar-refractivity contribution in [2.45, 2.75) is 30.6 Å². The van der Waals surface area contributed by atoms with Crippen molar-refractivity contribution in [3.63, 3.8) is 0 Å². The summed E-state index contributed by atoms with van der Waals surface area (Å²) < 4.78 is 37.0. The number of anilines is 2.